The molecule has 2 aromatic carbocycles. The van der Waals surface area contributed by atoms with Gasteiger partial charge >= 0.3 is 0 Å². The molecule has 0 spiro atoms. The van der Waals surface area contributed by atoms with Crippen LogP contribution in [0.4, 0.5) is 5.69 Å². The maximum absolute atomic E-state index is 13.3. The zero-order valence-electron chi connectivity index (χ0n) is 19.4. The second-order valence-electron chi connectivity index (χ2n) is 8.52. The molecule has 0 bridgehead atoms. The first-order valence-electron chi connectivity index (χ1n) is 10.8. The lowest BCUT2D eigenvalue weighted by Crippen LogP contribution is -2.24. The number of hydrogen-bond donors (Lipinski definition) is 1. The highest BCUT2D eigenvalue weighted by molar-refractivity contribution is 7.91. The van der Waals surface area contributed by atoms with Crippen LogP contribution in [0.15, 0.2) is 75.4 Å². The number of hydrogen-bond acceptors (Lipinski definition) is 5. The van der Waals surface area contributed by atoms with E-state index in [1.807, 2.05) is 39.0 Å². The van der Waals surface area contributed by atoms with Crippen molar-refractivity contribution in [1.29, 1.82) is 0 Å². The Bertz CT molecular complexity index is 1570. The van der Waals surface area contributed by atoms with E-state index in [9.17, 15) is 18.0 Å². The van der Waals surface area contributed by atoms with Crippen molar-refractivity contribution in [3.8, 4) is 0 Å². The third-order valence-corrected chi connectivity index (χ3v) is 7.23. The first kappa shape index (κ1) is 23.4. The number of nitrogens with zero attached hydrogens (tertiary/aromatic N) is 2. The van der Waals surface area contributed by atoms with E-state index >= 15 is 0 Å². The topological polar surface area (TPSA) is 98.1 Å². The fourth-order valence-corrected chi connectivity index (χ4v) is 5.26. The van der Waals surface area contributed by atoms with Gasteiger partial charge in [-0.1, -0.05) is 23.8 Å². The maximum Gasteiger partial charge on any atom is 0.244 e. The Morgan fingerprint density at radius 1 is 0.912 bits per heavy atom. The van der Waals surface area contributed by atoms with Crippen molar-refractivity contribution in [2.75, 3.05) is 5.32 Å². The van der Waals surface area contributed by atoms with E-state index in [0.717, 1.165) is 16.7 Å². The smallest absolute Gasteiger partial charge is 0.244 e. The minimum absolute atomic E-state index is 0.0147. The number of nitrogens with one attached hydrogen (secondary N) is 1. The Morgan fingerprint density at radius 3 is 2.21 bits per heavy atom. The van der Waals surface area contributed by atoms with Gasteiger partial charge in [0.1, 0.15) is 17.1 Å². The highest BCUT2D eigenvalue weighted by atomic mass is 32.2. The van der Waals surface area contributed by atoms with E-state index < -0.39 is 20.2 Å². The lowest BCUT2D eigenvalue weighted by Gasteiger charge is -2.14. The minimum Gasteiger partial charge on any atom is -0.325 e. The molecular formula is C26H25N3O4S. The van der Waals surface area contributed by atoms with Crippen LogP contribution >= 0.6 is 0 Å². The fourth-order valence-electron chi connectivity index (χ4n) is 3.89. The van der Waals surface area contributed by atoms with E-state index in [1.165, 1.54) is 22.9 Å². The van der Waals surface area contributed by atoms with E-state index in [4.69, 9.17) is 0 Å². The van der Waals surface area contributed by atoms with Gasteiger partial charge in [-0.15, -0.1) is 0 Å². The van der Waals surface area contributed by atoms with Gasteiger partial charge in [0.15, 0.2) is 0 Å². The van der Waals surface area contributed by atoms with Crippen molar-refractivity contribution < 1.29 is 13.2 Å². The van der Waals surface area contributed by atoms with Gasteiger partial charge in [-0.2, -0.15) is 0 Å². The maximum atomic E-state index is 13.3. The summed E-state index contributed by atoms with van der Waals surface area (Å²) in [4.78, 5) is 30.1. The molecule has 0 aliphatic heterocycles. The quantitative estimate of drug-likeness (QED) is 0.469. The SMILES string of the molecule is Cc1ccc(S(=O)(=O)c2cn(CC(=O)Nc3cc(C)cc(C)c3)c3nc(C)ccc3c2=O)cc1. The highest BCUT2D eigenvalue weighted by Gasteiger charge is 2.25. The molecule has 4 rings (SSSR count). The molecule has 0 radical (unpaired) electrons. The van der Waals surface area contributed by atoms with Crippen LogP contribution < -0.4 is 10.7 Å². The van der Waals surface area contributed by atoms with Gasteiger partial charge in [0.2, 0.25) is 21.2 Å². The molecule has 0 saturated carbocycles. The number of benzene rings is 2. The van der Waals surface area contributed by atoms with Crippen molar-refractivity contribution in [2.45, 2.75) is 44.0 Å². The summed E-state index contributed by atoms with van der Waals surface area (Å²) in [6, 6.07) is 15.2. The molecule has 7 nitrogen and oxygen atoms in total. The van der Waals surface area contributed by atoms with Gasteiger partial charge in [0.25, 0.3) is 0 Å². The lowest BCUT2D eigenvalue weighted by molar-refractivity contribution is -0.116. The Hall–Kier alpha value is -3.78. The molecular weight excluding hydrogens is 450 g/mol. The van der Waals surface area contributed by atoms with Crippen LogP contribution in [0, 0.1) is 27.7 Å². The standard InChI is InChI=1S/C26H25N3O4S/c1-16-5-8-21(9-6-16)34(32,33)23-14-29(26-22(25(23)31)10-7-19(4)27-26)15-24(30)28-20-12-17(2)11-18(3)13-20/h5-14H,15H2,1-4H3,(H,28,30). The molecule has 34 heavy (non-hydrogen) atoms. The third kappa shape index (κ3) is 4.63. The predicted molar refractivity (Wildman–Crippen MR) is 132 cm³/mol. The number of pyridine rings is 2. The number of amides is 1. The van der Waals surface area contributed by atoms with Crippen LogP contribution in [0.2, 0.25) is 0 Å². The fraction of sp³-hybridized carbons (Fsp3) is 0.192. The number of anilines is 1. The van der Waals surface area contributed by atoms with Crippen LogP contribution in [0.5, 0.6) is 0 Å². The van der Waals surface area contributed by atoms with E-state index in [1.54, 1.807) is 31.2 Å². The minimum atomic E-state index is -4.11. The number of aromatic nitrogens is 2. The largest absolute Gasteiger partial charge is 0.325 e. The zero-order chi connectivity index (χ0) is 24.6. The third-order valence-electron chi connectivity index (χ3n) is 5.47. The number of carbonyl (C=O) groups excluding carboxylic acids is 1. The van der Waals surface area contributed by atoms with Crippen molar-refractivity contribution in [2.24, 2.45) is 0 Å². The molecule has 174 valence electrons. The molecule has 0 fully saturated rings. The normalized spacial score (nSPS) is 11.5. The number of carbonyl (C=O) groups is 1. The van der Waals surface area contributed by atoms with E-state index in [-0.39, 0.29) is 28.4 Å². The zero-order valence-corrected chi connectivity index (χ0v) is 20.2. The lowest BCUT2D eigenvalue weighted by atomic mass is 10.1. The molecule has 0 saturated heterocycles. The molecule has 2 aromatic heterocycles. The second-order valence-corrected chi connectivity index (χ2v) is 10.4. The summed E-state index contributed by atoms with van der Waals surface area (Å²) in [6.07, 6.45) is 1.22. The summed E-state index contributed by atoms with van der Waals surface area (Å²) in [5, 5.41) is 2.98. The Labute approximate surface area is 198 Å². The Balaban J connectivity index is 1.82. The van der Waals surface area contributed by atoms with Crippen molar-refractivity contribution in [1.82, 2.24) is 9.55 Å². The molecule has 0 atom stereocenters. The highest BCUT2D eigenvalue weighted by Crippen LogP contribution is 2.22. The second kappa shape index (κ2) is 8.87. The summed E-state index contributed by atoms with van der Waals surface area (Å²) in [6.45, 7) is 7.28. The number of fused-ring (bicyclic) bond motifs is 1. The van der Waals surface area contributed by atoms with Gasteiger partial charge in [0, 0.05) is 17.6 Å². The summed E-state index contributed by atoms with van der Waals surface area (Å²) < 4.78 is 28.1. The van der Waals surface area contributed by atoms with Gasteiger partial charge in [-0.3, -0.25) is 9.59 Å². The number of sulfone groups is 1. The van der Waals surface area contributed by atoms with Gasteiger partial charge in [0.05, 0.1) is 10.3 Å². The number of rotatable bonds is 5. The average molecular weight is 476 g/mol. The van der Waals surface area contributed by atoms with E-state index in [0.29, 0.717) is 11.4 Å². The molecule has 1 amide bonds. The van der Waals surface area contributed by atoms with Crippen molar-refractivity contribution in [3.63, 3.8) is 0 Å². The first-order chi connectivity index (χ1) is 16.0. The van der Waals surface area contributed by atoms with Crippen LogP contribution in [0.25, 0.3) is 11.0 Å². The molecule has 8 heteroatoms. The van der Waals surface area contributed by atoms with Gasteiger partial charge in [-0.05, 0) is 75.2 Å². The Kier molecular flexibility index (Phi) is 6.10. The first-order valence-corrected chi connectivity index (χ1v) is 12.2. The predicted octanol–water partition coefficient (Wildman–Crippen LogP) is 4.10. The monoisotopic (exact) mass is 475 g/mol. The number of aryl methyl sites for hydroxylation is 4. The Morgan fingerprint density at radius 2 is 1.56 bits per heavy atom. The summed E-state index contributed by atoms with van der Waals surface area (Å²) in [7, 11) is -4.11. The summed E-state index contributed by atoms with van der Waals surface area (Å²) in [5.74, 6) is -0.364. The summed E-state index contributed by atoms with van der Waals surface area (Å²) in [5.41, 5.74) is 3.81. The van der Waals surface area contributed by atoms with Crippen LogP contribution in [0.3, 0.4) is 0 Å². The van der Waals surface area contributed by atoms with Crippen molar-refractivity contribution in [3.05, 3.63) is 93.4 Å². The summed E-state index contributed by atoms with van der Waals surface area (Å²) >= 11 is 0. The van der Waals surface area contributed by atoms with Crippen LogP contribution in [-0.4, -0.2) is 23.9 Å². The van der Waals surface area contributed by atoms with Crippen molar-refractivity contribution >= 4 is 32.5 Å². The van der Waals surface area contributed by atoms with Gasteiger partial charge < -0.3 is 9.88 Å². The van der Waals surface area contributed by atoms with E-state index in [2.05, 4.69) is 10.3 Å². The molecule has 0 unspecified atom stereocenters. The molecule has 1 N–H and O–H groups in total. The molecule has 0 aliphatic rings. The average Bonchev–Trinajstić information content (AvgIpc) is 2.75. The molecule has 0 aliphatic carbocycles. The molecule has 4 aromatic rings. The van der Waals surface area contributed by atoms with Crippen LogP contribution in [-0.2, 0) is 21.2 Å². The van der Waals surface area contributed by atoms with Crippen LogP contribution in [0.1, 0.15) is 22.4 Å². The molecule has 2 heterocycles. The van der Waals surface area contributed by atoms with Gasteiger partial charge in [-0.25, -0.2) is 13.4 Å².